The van der Waals surface area contributed by atoms with E-state index in [4.69, 9.17) is 17.3 Å². The summed E-state index contributed by atoms with van der Waals surface area (Å²) >= 11 is 5.90. The fraction of sp³-hybridized carbons (Fsp3) is 0.300. The van der Waals surface area contributed by atoms with E-state index in [-0.39, 0.29) is 11.8 Å². The summed E-state index contributed by atoms with van der Waals surface area (Å²) in [6.07, 6.45) is 1.97. The fourth-order valence-corrected chi connectivity index (χ4v) is 1.45. The van der Waals surface area contributed by atoms with Gasteiger partial charge in [0.1, 0.15) is 0 Å². The van der Waals surface area contributed by atoms with E-state index >= 15 is 0 Å². The Bertz CT molecular complexity index is 374. The number of anilines is 2. The van der Waals surface area contributed by atoms with Gasteiger partial charge in [-0.15, -0.1) is 0 Å². The summed E-state index contributed by atoms with van der Waals surface area (Å²) < 4.78 is 0. The largest absolute Gasteiger partial charge is 0.399 e. The lowest BCUT2D eigenvalue weighted by molar-refractivity contribution is -0.117. The molecule has 0 unspecified atom stereocenters. The molecule has 0 bridgehead atoms. The number of nitrogens with two attached hydrogens (primary N) is 1. The van der Waals surface area contributed by atoms with E-state index in [2.05, 4.69) is 5.32 Å². The summed E-state index contributed by atoms with van der Waals surface area (Å²) in [6.45, 7) is 0. The van der Waals surface area contributed by atoms with Crippen LogP contribution < -0.4 is 11.1 Å². The normalized spacial score (nSPS) is 15.2. The number of halogens is 1. The van der Waals surface area contributed by atoms with Crippen molar-refractivity contribution >= 4 is 28.9 Å². The van der Waals surface area contributed by atoms with Crippen LogP contribution >= 0.6 is 11.6 Å². The minimum Gasteiger partial charge on any atom is -0.399 e. The Morgan fingerprint density at radius 3 is 2.79 bits per heavy atom. The molecule has 0 aliphatic heterocycles. The van der Waals surface area contributed by atoms with Crippen LogP contribution in [0.4, 0.5) is 11.4 Å². The average Bonchev–Trinajstić information content (AvgIpc) is 2.92. The van der Waals surface area contributed by atoms with Crippen molar-refractivity contribution in [3.05, 3.63) is 23.2 Å². The van der Waals surface area contributed by atoms with E-state index in [1.807, 2.05) is 0 Å². The zero-order valence-corrected chi connectivity index (χ0v) is 8.34. The van der Waals surface area contributed by atoms with E-state index in [1.165, 1.54) is 0 Å². The Labute approximate surface area is 87.2 Å². The number of carbonyl (C=O) groups excluding carboxylic acids is 1. The van der Waals surface area contributed by atoms with Crippen LogP contribution in [-0.2, 0) is 4.79 Å². The molecule has 0 saturated heterocycles. The number of nitrogens with one attached hydrogen (secondary N) is 1. The first-order chi connectivity index (χ1) is 6.66. The summed E-state index contributed by atoms with van der Waals surface area (Å²) in [6, 6.07) is 5.07. The van der Waals surface area contributed by atoms with E-state index in [9.17, 15) is 4.79 Å². The van der Waals surface area contributed by atoms with Crippen molar-refractivity contribution in [1.29, 1.82) is 0 Å². The van der Waals surface area contributed by atoms with Gasteiger partial charge >= 0.3 is 0 Å². The van der Waals surface area contributed by atoms with Gasteiger partial charge < -0.3 is 11.1 Å². The van der Waals surface area contributed by atoms with Crippen molar-refractivity contribution in [2.24, 2.45) is 5.92 Å². The monoisotopic (exact) mass is 210 g/mol. The molecule has 2 rings (SSSR count). The highest BCUT2D eigenvalue weighted by atomic mass is 35.5. The van der Waals surface area contributed by atoms with E-state index in [1.54, 1.807) is 18.2 Å². The van der Waals surface area contributed by atoms with Crippen LogP contribution in [0.15, 0.2) is 18.2 Å². The molecular formula is C10H11ClN2O. The van der Waals surface area contributed by atoms with Crippen molar-refractivity contribution in [3.8, 4) is 0 Å². The molecule has 1 fully saturated rings. The molecule has 1 aliphatic carbocycles. The minimum atomic E-state index is 0.0525. The third-order valence-electron chi connectivity index (χ3n) is 2.20. The van der Waals surface area contributed by atoms with Crippen molar-refractivity contribution in [1.82, 2.24) is 0 Å². The molecular weight excluding hydrogens is 200 g/mol. The van der Waals surface area contributed by atoms with Crippen LogP contribution in [0.25, 0.3) is 0 Å². The van der Waals surface area contributed by atoms with Crippen LogP contribution in [0.3, 0.4) is 0 Å². The molecule has 0 heterocycles. The summed E-state index contributed by atoms with van der Waals surface area (Å²) in [4.78, 5) is 11.4. The third-order valence-corrected chi connectivity index (χ3v) is 2.51. The number of benzene rings is 1. The van der Waals surface area contributed by atoms with E-state index in [0.717, 1.165) is 12.8 Å². The molecule has 1 amide bonds. The van der Waals surface area contributed by atoms with Crippen LogP contribution in [0.5, 0.6) is 0 Å². The Morgan fingerprint density at radius 1 is 1.50 bits per heavy atom. The van der Waals surface area contributed by atoms with Crippen LogP contribution in [0, 0.1) is 5.92 Å². The molecule has 3 N–H and O–H groups in total. The lowest BCUT2D eigenvalue weighted by atomic mass is 10.2. The fourth-order valence-electron chi connectivity index (χ4n) is 1.21. The maximum Gasteiger partial charge on any atom is 0.227 e. The second-order valence-corrected chi connectivity index (χ2v) is 3.91. The molecule has 4 heteroatoms. The maximum atomic E-state index is 11.4. The predicted molar refractivity (Wildman–Crippen MR) is 57.2 cm³/mol. The van der Waals surface area contributed by atoms with Crippen molar-refractivity contribution in [2.45, 2.75) is 12.8 Å². The van der Waals surface area contributed by atoms with Gasteiger partial charge in [-0.3, -0.25) is 4.79 Å². The molecule has 74 valence electrons. The lowest BCUT2D eigenvalue weighted by Gasteiger charge is -2.06. The SMILES string of the molecule is Nc1ccc(NC(=O)C2CC2)c(Cl)c1. The first-order valence-electron chi connectivity index (χ1n) is 4.52. The van der Waals surface area contributed by atoms with Gasteiger partial charge in [-0.25, -0.2) is 0 Å². The average molecular weight is 211 g/mol. The van der Waals surface area contributed by atoms with Gasteiger partial charge in [0, 0.05) is 11.6 Å². The van der Waals surface area contributed by atoms with Crippen LogP contribution in [0.1, 0.15) is 12.8 Å². The van der Waals surface area contributed by atoms with Gasteiger partial charge in [0.05, 0.1) is 10.7 Å². The second kappa shape index (κ2) is 3.50. The molecule has 3 nitrogen and oxygen atoms in total. The van der Waals surface area contributed by atoms with Crippen molar-refractivity contribution < 1.29 is 4.79 Å². The minimum absolute atomic E-state index is 0.0525. The molecule has 1 aliphatic rings. The number of hydrogen-bond acceptors (Lipinski definition) is 2. The van der Waals surface area contributed by atoms with Gasteiger partial charge in [-0.05, 0) is 31.0 Å². The maximum absolute atomic E-state index is 11.4. The highest BCUT2D eigenvalue weighted by Gasteiger charge is 2.29. The lowest BCUT2D eigenvalue weighted by Crippen LogP contribution is -2.13. The number of carbonyl (C=O) groups is 1. The molecule has 1 saturated carbocycles. The Kier molecular flexibility index (Phi) is 2.33. The Hall–Kier alpha value is -1.22. The van der Waals surface area contributed by atoms with Gasteiger partial charge in [0.15, 0.2) is 0 Å². The number of amides is 1. The highest BCUT2D eigenvalue weighted by Crippen LogP contribution is 2.31. The van der Waals surface area contributed by atoms with Crippen LogP contribution in [0.2, 0.25) is 5.02 Å². The topological polar surface area (TPSA) is 55.1 Å². The third kappa shape index (κ3) is 1.99. The Morgan fingerprint density at radius 2 is 2.21 bits per heavy atom. The number of hydrogen-bond donors (Lipinski definition) is 2. The Balaban J connectivity index is 2.11. The molecule has 1 aromatic rings. The predicted octanol–water partition coefficient (Wildman–Crippen LogP) is 2.27. The molecule has 1 aromatic carbocycles. The number of rotatable bonds is 2. The summed E-state index contributed by atoms with van der Waals surface area (Å²) in [5.41, 5.74) is 6.77. The van der Waals surface area contributed by atoms with E-state index < -0.39 is 0 Å². The van der Waals surface area contributed by atoms with E-state index in [0.29, 0.717) is 16.4 Å². The van der Waals surface area contributed by atoms with Crippen molar-refractivity contribution in [2.75, 3.05) is 11.1 Å². The highest BCUT2D eigenvalue weighted by molar-refractivity contribution is 6.34. The zero-order valence-electron chi connectivity index (χ0n) is 7.59. The molecule has 0 atom stereocenters. The van der Waals surface area contributed by atoms with Gasteiger partial charge in [0.2, 0.25) is 5.91 Å². The first kappa shape index (κ1) is 9.34. The second-order valence-electron chi connectivity index (χ2n) is 3.50. The van der Waals surface area contributed by atoms with Gasteiger partial charge in [-0.2, -0.15) is 0 Å². The first-order valence-corrected chi connectivity index (χ1v) is 4.90. The number of nitrogen functional groups attached to an aromatic ring is 1. The quantitative estimate of drug-likeness (QED) is 0.736. The van der Waals surface area contributed by atoms with Crippen LogP contribution in [-0.4, -0.2) is 5.91 Å². The smallest absolute Gasteiger partial charge is 0.227 e. The molecule has 0 radical (unpaired) electrons. The molecule has 14 heavy (non-hydrogen) atoms. The summed E-state index contributed by atoms with van der Waals surface area (Å²) in [5, 5.41) is 3.26. The molecule has 0 aromatic heterocycles. The van der Waals surface area contributed by atoms with Gasteiger partial charge in [0.25, 0.3) is 0 Å². The summed E-state index contributed by atoms with van der Waals surface area (Å²) in [7, 11) is 0. The van der Waals surface area contributed by atoms with Crippen molar-refractivity contribution in [3.63, 3.8) is 0 Å². The zero-order chi connectivity index (χ0) is 10.1. The van der Waals surface area contributed by atoms with Gasteiger partial charge in [-0.1, -0.05) is 11.6 Å². The molecule has 0 spiro atoms. The standard InChI is InChI=1S/C10H11ClN2O/c11-8-5-7(12)3-4-9(8)13-10(14)6-1-2-6/h3-6H,1-2,12H2,(H,13,14). The summed E-state index contributed by atoms with van der Waals surface area (Å²) in [5.74, 6) is 0.236.